The van der Waals surface area contributed by atoms with Gasteiger partial charge in [-0.1, -0.05) is 41.1 Å². The Hall–Kier alpha value is -3.86. The normalized spacial score (nSPS) is 15.6. The molecule has 3 N–H and O–H groups in total. The highest BCUT2D eigenvalue weighted by molar-refractivity contribution is 8.22. The summed E-state index contributed by atoms with van der Waals surface area (Å²) in [7, 11) is -2.25. The second-order valence-corrected chi connectivity index (χ2v) is 11.5. The Bertz CT molecular complexity index is 1340. The first-order chi connectivity index (χ1) is 17.4. The number of para-hydroxylation sites is 1. The molecule has 0 atom stereocenters. The number of hydrogen-bond acceptors (Lipinski definition) is 6. The van der Waals surface area contributed by atoms with E-state index in [1.807, 2.05) is 6.07 Å². The van der Waals surface area contributed by atoms with Gasteiger partial charge in [0.05, 0.1) is 17.8 Å². The summed E-state index contributed by atoms with van der Waals surface area (Å²) in [5, 5.41) is 2.77. The monoisotopic (exact) mass is 523 g/mol. The molecule has 0 bridgehead atoms. The quantitative estimate of drug-likeness (QED) is 0.353. The fraction of sp³-hybridized carbons (Fsp3) is 0.222. The molecule has 37 heavy (non-hydrogen) atoms. The standard InChI is InChI=1S/C27H29N3O6S/c1-27(2,3)36-25(32)19-12-10-18(11-13-19)17-30-26(33)29(4)22-15-14-20(16-23(22)37(30,34)35)24(31)28-21-8-6-5-7-9-21/h5-16,34-35H,17H2,1-4H3,(H,28,31). The molecular formula is C27H29N3O6S. The average Bonchev–Trinajstić information content (AvgIpc) is 2.85. The summed E-state index contributed by atoms with van der Waals surface area (Å²) < 4.78 is 28.8. The summed E-state index contributed by atoms with van der Waals surface area (Å²) >= 11 is 0. The summed E-state index contributed by atoms with van der Waals surface area (Å²) in [6.45, 7) is 5.20. The molecule has 1 aliphatic rings. The number of amides is 3. The number of benzene rings is 3. The van der Waals surface area contributed by atoms with Crippen molar-refractivity contribution in [1.29, 1.82) is 0 Å². The van der Waals surface area contributed by atoms with Crippen LogP contribution in [0.15, 0.2) is 77.7 Å². The Labute approximate surface area is 217 Å². The van der Waals surface area contributed by atoms with Gasteiger partial charge in [0.15, 0.2) is 0 Å². The molecule has 0 unspecified atom stereocenters. The molecule has 1 heterocycles. The molecule has 0 aromatic heterocycles. The van der Waals surface area contributed by atoms with Gasteiger partial charge in [-0.05, 0) is 68.8 Å². The Morgan fingerprint density at radius 3 is 2.19 bits per heavy atom. The summed E-state index contributed by atoms with van der Waals surface area (Å²) in [6.07, 6.45) is 0. The van der Waals surface area contributed by atoms with E-state index in [9.17, 15) is 23.5 Å². The molecule has 3 amide bonds. The van der Waals surface area contributed by atoms with Gasteiger partial charge >= 0.3 is 12.0 Å². The number of ether oxygens (including phenoxy) is 1. The topological polar surface area (TPSA) is 119 Å². The van der Waals surface area contributed by atoms with Crippen LogP contribution < -0.4 is 10.2 Å². The number of rotatable bonds is 5. The highest BCUT2D eigenvalue weighted by Crippen LogP contribution is 2.59. The minimum Gasteiger partial charge on any atom is -0.456 e. The minimum atomic E-state index is -3.77. The molecule has 0 saturated carbocycles. The predicted molar refractivity (Wildman–Crippen MR) is 143 cm³/mol. The van der Waals surface area contributed by atoms with E-state index in [0.717, 1.165) is 4.31 Å². The number of carbonyl (C=O) groups excluding carboxylic acids is 3. The first kappa shape index (κ1) is 26.2. The largest absolute Gasteiger partial charge is 0.456 e. The van der Waals surface area contributed by atoms with Crippen LogP contribution in [0.4, 0.5) is 16.2 Å². The van der Waals surface area contributed by atoms with E-state index in [1.165, 1.54) is 30.1 Å². The van der Waals surface area contributed by atoms with Crippen molar-refractivity contribution in [3.05, 3.63) is 89.5 Å². The zero-order valence-electron chi connectivity index (χ0n) is 21.0. The Kier molecular flexibility index (Phi) is 7.00. The number of fused-ring (bicyclic) bond motifs is 1. The van der Waals surface area contributed by atoms with E-state index in [0.29, 0.717) is 22.5 Å². The fourth-order valence-electron chi connectivity index (χ4n) is 3.78. The number of esters is 1. The summed E-state index contributed by atoms with van der Waals surface area (Å²) in [5.74, 6) is -0.902. The van der Waals surface area contributed by atoms with Crippen molar-refractivity contribution in [1.82, 2.24) is 4.31 Å². The molecule has 3 aromatic rings. The van der Waals surface area contributed by atoms with Gasteiger partial charge in [-0.2, -0.15) is 0 Å². The lowest BCUT2D eigenvalue weighted by atomic mass is 10.1. The van der Waals surface area contributed by atoms with Crippen molar-refractivity contribution < 1.29 is 28.2 Å². The maximum absolute atomic E-state index is 13.1. The third kappa shape index (κ3) is 5.61. The van der Waals surface area contributed by atoms with Gasteiger partial charge < -0.3 is 10.1 Å². The second kappa shape index (κ2) is 9.89. The van der Waals surface area contributed by atoms with Crippen LogP contribution in [0.2, 0.25) is 0 Å². The number of carbonyl (C=O) groups is 3. The molecular weight excluding hydrogens is 494 g/mol. The van der Waals surface area contributed by atoms with Crippen molar-refractivity contribution in [3.8, 4) is 0 Å². The highest BCUT2D eigenvalue weighted by atomic mass is 32.3. The van der Waals surface area contributed by atoms with Crippen molar-refractivity contribution in [2.45, 2.75) is 37.8 Å². The maximum atomic E-state index is 13.1. The fourth-order valence-corrected chi connectivity index (χ4v) is 5.46. The first-order valence-electron chi connectivity index (χ1n) is 11.5. The van der Waals surface area contributed by atoms with Crippen LogP contribution in [-0.2, 0) is 11.3 Å². The van der Waals surface area contributed by atoms with Crippen LogP contribution in [0.3, 0.4) is 0 Å². The van der Waals surface area contributed by atoms with Crippen LogP contribution in [0, 0.1) is 0 Å². The molecule has 4 rings (SSSR count). The van der Waals surface area contributed by atoms with Crippen molar-refractivity contribution in [3.63, 3.8) is 0 Å². The second-order valence-electron chi connectivity index (χ2n) is 9.60. The zero-order valence-corrected chi connectivity index (χ0v) is 21.8. The van der Waals surface area contributed by atoms with Crippen LogP contribution >= 0.6 is 10.8 Å². The third-order valence-electron chi connectivity index (χ3n) is 5.63. The van der Waals surface area contributed by atoms with E-state index < -0.39 is 34.3 Å². The lowest BCUT2D eigenvalue weighted by Gasteiger charge is -2.49. The van der Waals surface area contributed by atoms with E-state index in [-0.39, 0.29) is 17.0 Å². The maximum Gasteiger partial charge on any atom is 0.343 e. The minimum absolute atomic E-state index is 0.0701. The molecule has 0 aliphatic carbocycles. The van der Waals surface area contributed by atoms with Crippen LogP contribution in [0.1, 0.15) is 47.1 Å². The lowest BCUT2D eigenvalue weighted by molar-refractivity contribution is 0.00693. The van der Waals surface area contributed by atoms with Crippen molar-refractivity contribution >= 4 is 40.1 Å². The zero-order chi connectivity index (χ0) is 27.0. The molecule has 1 aliphatic heterocycles. The lowest BCUT2D eigenvalue weighted by Crippen LogP contribution is -2.46. The van der Waals surface area contributed by atoms with Gasteiger partial charge in [0.1, 0.15) is 10.5 Å². The Balaban J connectivity index is 1.58. The first-order valence-corrected chi connectivity index (χ1v) is 13.0. The van der Waals surface area contributed by atoms with Crippen molar-refractivity contribution in [2.75, 3.05) is 17.3 Å². The average molecular weight is 524 g/mol. The summed E-state index contributed by atoms with van der Waals surface area (Å²) in [5.41, 5.74) is 1.40. The molecule has 194 valence electrons. The molecule has 3 aromatic carbocycles. The SMILES string of the molecule is CN1C(=O)N(Cc2ccc(C(=O)OC(C)(C)C)cc2)S(O)(O)c2cc(C(=O)Nc3ccccc3)ccc21. The Morgan fingerprint density at radius 2 is 1.57 bits per heavy atom. The van der Waals surface area contributed by atoms with Gasteiger partial charge in [0.2, 0.25) is 0 Å². The number of anilines is 2. The number of nitrogens with zero attached hydrogens (tertiary/aromatic N) is 2. The van der Waals surface area contributed by atoms with E-state index in [1.54, 1.807) is 69.3 Å². The van der Waals surface area contributed by atoms with E-state index in [4.69, 9.17) is 4.74 Å². The smallest absolute Gasteiger partial charge is 0.343 e. The van der Waals surface area contributed by atoms with Gasteiger partial charge in [0, 0.05) is 18.3 Å². The van der Waals surface area contributed by atoms with E-state index in [2.05, 4.69) is 5.32 Å². The summed E-state index contributed by atoms with van der Waals surface area (Å²) in [4.78, 5) is 39.6. The third-order valence-corrected chi connectivity index (χ3v) is 7.45. The van der Waals surface area contributed by atoms with Gasteiger partial charge in [-0.25, -0.2) is 13.9 Å². The number of hydrogen-bond donors (Lipinski definition) is 3. The summed E-state index contributed by atoms with van der Waals surface area (Å²) in [6, 6.07) is 19.1. The molecule has 0 fully saturated rings. The molecule has 0 saturated heterocycles. The van der Waals surface area contributed by atoms with Crippen LogP contribution in [0.5, 0.6) is 0 Å². The molecule has 10 heteroatoms. The highest BCUT2D eigenvalue weighted by Gasteiger charge is 2.40. The van der Waals surface area contributed by atoms with Gasteiger partial charge in [-0.3, -0.25) is 18.8 Å². The van der Waals surface area contributed by atoms with E-state index >= 15 is 0 Å². The molecule has 0 spiro atoms. The molecule has 9 nitrogen and oxygen atoms in total. The van der Waals surface area contributed by atoms with Crippen molar-refractivity contribution in [2.24, 2.45) is 0 Å². The predicted octanol–water partition coefficient (Wildman–Crippen LogP) is 5.99. The van der Waals surface area contributed by atoms with Crippen LogP contribution in [-0.4, -0.2) is 44.0 Å². The Morgan fingerprint density at radius 1 is 0.946 bits per heavy atom. The van der Waals surface area contributed by atoms with Crippen LogP contribution in [0.25, 0.3) is 0 Å². The van der Waals surface area contributed by atoms with Gasteiger partial charge in [-0.15, -0.1) is 0 Å². The number of nitrogens with one attached hydrogen (secondary N) is 1. The molecule has 0 radical (unpaired) electrons. The number of urea groups is 1. The van der Waals surface area contributed by atoms with Gasteiger partial charge in [0.25, 0.3) is 5.91 Å².